The molecule has 7 rings (SSSR count). The number of aliphatic carboxylic acids is 3. The molecule has 6 fully saturated rings. The number of aliphatic hydroxyl groups excluding tert-OH is 8. The van der Waals surface area contributed by atoms with Gasteiger partial charge in [-0.1, -0.05) is 53.2 Å². The fourth-order valence-corrected chi connectivity index (χ4v) is 14.3. The Bertz CT molecular complexity index is 1940. The summed E-state index contributed by atoms with van der Waals surface area (Å²) in [5.74, 6) is -6.05. The van der Waals surface area contributed by atoms with Crippen molar-refractivity contribution in [2.45, 2.75) is 186 Å². The zero-order chi connectivity index (χ0) is 50.3. The Balaban J connectivity index is 1.15. The molecule has 0 radical (unpaired) electrons. The molecular formula is C47H72O21. The van der Waals surface area contributed by atoms with Crippen LogP contribution in [0.3, 0.4) is 0 Å². The molecule has 2 heterocycles. The van der Waals surface area contributed by atoms with Crippen LogP contribution in [-0.2, 0) is 47.6 Å². The van der Waals surface area contributed by atoms with Gasteiger partial charge in [0.2, 0.25) is 12.4 Å². The number of rotatable bonds is 14. The van der Waals surface area contributed by atoms with Gasteiger partial charge in [-0.15, -0.1) is 0 Å². The number of carboxylic acids is 3. The third kappa shape index (κ3) is 8.61. The van der Waals surface area contributed by atoms with E-state index in [-0.39, 0.29) is 40.6 Å². The van der Waals surface area contributed by atoms with E-state index in [2.05, 4.69) is 40.7 Å². The van der Waals surface area contributed by atoms with Crippen LogP contribution in [0, 0.1) is 50.2 Å². The van der Waals surface area contributed by atoms with Gasteiger partial charge in [0.25, 0.3) is 0 Å². The second-order valence-corrected chi connectivity index (χ2v) is 22.5. The molecule has 0 aromatic rings. The van der Waals surface area contributed by atoms with E-state index in [0.29, 0.717) is 51.4 Å². The molecule has 2 aliphatic heterocycles. The van der Waals surface area contributed by atoms with Crippen molar-refractivity contribution in [2.75, 3.05) is 19.8 Å². The number of aliphatic hydroxyl groups is 8. The lowest BCUT2D eigenvalue weighted by Gasteiger charge is -2.71. The molecule has 2 saturated heterocycles. The van der Waals surface area contributed by atoms with Crippen LogP contribution in [0.1, 0.15) is 106 Å². The molecule has 7 aliphatic rings. The largest absolute Gasteiger partial charge is 0.480 e. The Labute approximate surface area is 394 Å². The van der Waals surface area contributed by atoms with Crippen LogP contribution in [0.15, 0.2) is 11.6 Å². The van der Waals surface area contributed by atoms with Gasteiger partial charge in [-0.3, -0.25) is 4.79 Å². The number of carbonyl (C=O) groups is 4. The first-order valence-corrected chi connectivity index (χ1v) is 23.8. The number of carbonyl (C=O) groups excluding carboxylic acids is 1. The van der Waals surface area contributed by atoms with E-state index >= 15 is 0 Å². The lowest BCUT2D eigenvalue weighted by Crippen LogP contribution is -2.67. The molecule has 0 aromatic carbocycles. The van der Waals surface area contributed by atoms with E-state index in [4.69, 9.17) is 33.5 Å². The highest BCUT2D eigenvalue weighted by Gasteiger charge is 2.70. The molecule has 4 saturated carbocycles. The van der Waals surface area contributed by atoms with Gasteiger partial charge in [0.15, 0.2) is 18.7 Å². The average Bonchev–Trinajstić information content (AvgIpc) is 3.27. The number of hydrogen-bond donors (Lipinski definition) is 11. The van der Waals surface area contributed by atoms with Crippen LogP contribution in [0.5, 0.6) is 0 Å². The van der Waals surface area contributed by atoms with E-state index in [0.717, 1.165) is 12.8 Å². The van der Waals surface area contributed by atoms with E-state index in [9.17, 15) is 70.2 Å². The summed E-state index contributed by atoms with van der Waals surface area (Å²) in [4.78, 5) is 49.9. The molecule has 0 spiro atoms. The molecule has 68 heavy (non-hydrogen) atoms. The highest BCUT2D eigenvalue weighted by atomic mass is 16.7. The molecule has 0 unspecified atom stereocenters. The molecule has 0 aromatic heterocycles. The van der Waals surface area contributed by atoms with Crippen molar-refractivity contribution in [3.63, 3.8) is 0 Å². The van der Waals surface area contributed by atoms with Gasteiger partial charge in [-0.25, -0.2) is 14.4 Å². The summed E-state index contributed by atoms with van der Waals surface area (Å²) in [7, 11) is 0. The highest BCUT2D eigenvalue weighted by Crippen LogP contribution is 2.76. The minimum atomic E-state index is -2.51. The summed E-state index contributed by atoms with van der Waals surface area (Å²) in [6.45, 7) is 10.9. The molecular weight excluding hydrogens is 900 g/mol. The summed E-state index contributed by atoms with van der Waals surface area (Å²) >= 11 is 0. The smallest absolute Gasteiger partial charge is 0.337 e. The second kappa shape index (κ2) is 18.9. The third-order valence-electron chi connectivity index (χ3n) is 18.5. The normalized spacial score (nSPS) is 47.4. The van der Waals surface area contributed by atoms with Crippen molar-refractivity contribution in [3.05, 3.63) is 11.6 Å². The maximum absolute atomic E-state index is 14.7. The number of esters is 1. The molecule has 11 N–H and O–H groups in total. The van der Waals surface area contributed by atoms with Gasteiger partial charge < -0.3 is 84.6 Å². The van der Waals surface area contributed by atoms with Crippen molar-refractivity contribution >= 4 is 23.9 Å². The van der Waals surface area contributed by atoms with Crippen LogP contribution >= 0.6 is 0 Å². The molecule has 5 aliphatic carbocycles. The summed E-state index contributed by atoms with van der Waals surface area (Å²) in [5, 5.41) is 114. The standard InChI is InChI=1S/C47H72O21/c1-42(2)13-15-47(41(62)68-39-30(54)29(53)28(52)23(18-48)64-39)16-14-45(5)21(22(47)17-42)7-8-25-43(3)11-10-26(44(4,20-49)24(43)9-12-46(25,45)6)65-40-32(56)34(31(55)35(67-40)37(60)61)66-38(33(57)36(58)59)63-19-27(50)51/h7,22-26,28-35,38-40,48-49,52-57H,8-20H2,1-6H3,(H,50,51)(H,58,59)(H,60,61)/t22-,23+,24+,25+,26-,28+,29-,30+,31-,32+,33-,34-,35-,38-,39-,40+,43-,44-,45+,46+,47-/m0/s1. The zero-order valence-corrected chi connectivity index (χ0v) is 39.5. The first kappa shape index (κ1) is 52.9. The van der Waals surface area contributed by atoms with Crippen molar-refractivity contribution in [1.82, 2.24) is 0 Å². The Morgan fingerprint density at radius 2 is 1.46 bits per heavy atom. The number of fused-ring (bicyclic) bond motifs is 7. The molecule has 0 bridgehead atoms. The topological polar surface area (TPSA) is 346 Å². The van der Waals surface area contributed by atoms with Gasteiger partial charge in [-0.2, -0.15) is 0 Å². The lowest BCUT2D eigenvalue weighted by molar-refractivity contribution is -0.347. The number of carboxylic acid groups (broad SMARTS) is 3. The van der Waals surface area contributed by atoms with E-state index in [1.807, 2.05) is 6.92 Å². The summed E-state index contributed by atoms with van der Waals surface area (Å²) < 4.78 is 34.0. The number of hydrogen-bond acceptors (Lipinski definition) is 18. The second-order valence-electron chi connectivity index (χ2n) is 22.5. The van der Waals surface area contributed by atoms with Crippen LogP contribution < -0.4 is 0 Å². The van der Waals surface area contributed by atoms with Gasteiger partial charge in [0.05, 0.1) is 24.7 Å². The minimum Gasteiger partial charge on any atom is -0.480 e. The predicted octanol–water partition coefficient (Wildman–Crippen LogP) is 0.278. The first-order valence-electron chi connectivity index (χ1n) is 23.8. The fourth-order valence-electron chi connectivity index (χ4n) is 14.3. The van der Waals surface area contributed by atoms with Crippen molar-refractivity contribution in [2.24, 2.45) is 50.2 Å². The Hall–Kier alpha value is -2.90. The number of ether oxygens (including phenoxy) is 6. The average molecular weight is 973 g/mol. The third-order valence-corrected chi connectivity index (χ3v) is 18.5. The lowest BCUT2D eigenvalue weighted by atomic mass is 9.33. The van der Waals surface area contributed by atoms with Crippen molar-refractivity contribution < 1.29 is 104 Å². The van der Waals surface area contributed by atoms with Crippen LogP contribution in [0.4, 0.5) is 0 Å². The van der Waals surface area contributed by atoms with Gasteiger partial charge in [0, 0.05) is 5.41 Å². The SMILES string of the molecule is CC1(C)CC[C@]2(C(=O)O[C@@H]3O[C@H](CO)[C@@H](O)[C@H](O)[C@H]3O)CC[C@]3(C)C(=CC[C@@H]4[C@@]5(C)CC[C@H](O[C@@H]6O[C@H](C(=O)O)[C@@H](O)[C@H](O[C@H](OCC(=O)O)[C@@H](O)C(=O)O)[C@H]6O)[C@@](C)(CO)[C@@H]5CC[C@]43C)[C@@H]2C1. The highest BCUT2D eigenvalue weighted by molar-refractivity contribution is 5.79. The van der Waals surface area contributed by atoms with Crippen molar-refractivity contribution in [3.8, 4) is 0 Å². The van der Waals surface area contributed by atoms with Gasteiger partial charge in [0.1, 0.15) is 49.3 Å². The minimum absolute atomic E-state index is 0.0729. The van der Waals surface area contributed by atoms with E-state index in [1.54, 1.807) is 0 Å². The molecule has 21 nitrogen and oxygen atoms in total. The summed E-state index contributed by atoms with van der Waals surface area (Å²) in [5.41, 5.74) is -2.02. The van der Waals surface area contributed by atoms with Crippen LogP contribution in [-0.4, -0.2) is 180 Å². The molecule has 21 atom stereocenters. The van der Waals surface area contributed by atoms with Crippen molar-refractivity contribution in [1.29, 1.82) is 0 Å². The van der Waals surface area contributed by atoms with E-state index in [1.165, 1.54) is 5.57 Å². The molecule has 0 amide bonds. The summed E-state index contributed by atoms with van der Waals surface area (Å²) in [6, 6.07) is 0. The number of allylic oxidation sites excluding steroid dienone is 2. The monoisotopic (exact) mass is 972 g/mol. The summed E-state index contributed by atoms with van der Waals surface area (Å²) in [6.07, 6.45) is -15.4. The predicted molar refractivity (Wildman–Crippen MR) is 229 cm³/mol. The Kier molecular flexibility index (Phi) is 14.7. The van der Waals surface area contributed by atoms with E-state index < -0.39 is 133 Å². The fraction of sp³-hybridized carbons (Fsp3) is 0.872. The Morgan fingerprint density at radius 1 is 0.779 bits per heavy atom. The maximum atomic E-state index is 14.7. The Morgan fingerprint density at radius 3 is 2.07 bits per heavy atom. The van der Waals surface area contributed by atoms with Crippen LogP contribution in [0.2, 0.25) is 0 Å². The molecule has 386 valence electrons. The zero-order valence-electron chi connectivity index (χ0n) is 39.5. The molecule has 21 heteroatoms. The van der Waals surface area contributed by atoms with Gasteiger partial charge >= 0.3 is 23.9 Å². The quantitative estimate of drug-likeness (QED) is 0.0482. The first-order chi connectivity index (χ1) is 31.7. The van der Waals surface area contributed by atoms with Gasteiger partial charge in [-0.05, 0) is 104 Å². The maximum Gasteiger partial charge on any atom is 0.337 e. The van der Waals surface area contributed by atoms with Crippen LogP contribution in [0.25, 0.3) is 0 Å².